The Morgan fingerprint density at radius 3 is 2.75 bits per heavy atom. The van der Waals surface area contributed by atoms with Crippen LogP contribution in [-0.4, -0.2) is 38.5 Å². The fraction of sp³-hybridized carbons (Fsp3) is 0.474. The van der Waals surface area contributed by atoms with E-state index in [0.29, 0.717) is 22.5 Å². The number of thioether (sulfide) groups is 1. The molecule has 28 heavy (non-hydrogen) atoms. The van der Waals surface area contributed by atoms with E-state index in [1.165, 1.54) is 12.5 Å². The van der Waals surface area contributed by atoms with E-state index in [2.05, 4.69) is 27.8 Å². The topological polar surface area (TPSA) is 88.9 Å². The van der Waals surface area contributed by atoms with Crippen molar-refractivity contribution in [1.82, 2.24) is 25.4 Å². The Hall–Kier alpha value is -2.42. The van der Waals surface area contributed by atoms with E-state index < -0.39 is 11.9 Å². The summed E-state index contributed by atoms with van der Waals surface area (Å²) in [5, 5.41) is 13.7. The molecule has 0 saturated heterocycles. The van der Waals surface area contributed by atoms with Crippen LogP contribution in [0.25, 0.3) is 11.4 Å². The first-order chi connectivity index (χ1) is 13.5. The molecule has 1 aliphatic rings. The SMILES string of the molecule is CC1CCCCC1NC(=O)NC(=O)CSc1nnc(-c2ccccc2F)n1C. The van der Waals surface area contributed by atoms with Crippen molar-refractivity contribution in [3.63, 3.8) is 0 Å². The number of hydrogen-bond donors (Lipinski definition) is 2. The minimum Gasteiger partial charge on any atom is -0.335 e. The smallest absolute Gasteiger partial charge is 0.321 e. The normalized spacial score (nSPS) is 19.2. The molecule has 9 heteroatoms. The summed E-state index contributed by atoms with van der Waals surface area (Å²) in [4.78, 5) is 24.1. The molecular weight excluding hydrogens is 381 g/mol. The second-order valence-electron chi connectivity index (χ2n) is 7.02. The number of hydrogen-bond acceptors (Lipinski definition) is 5. The van der Waals surface area contributed by atoms with E-state index in [9.17, 15) is 14.0 Å². The van der Waals surface area contributed by atoms with E-state index in [0.717, 1.165) is 31.0 Å². The first kappa shape index (κ1) is 20.3. The molecule has 7 nitrogen and oxygen atoms in total. The lowest BCUT2D eigenvalue weighted by molar-refractivity contribution is -0.117. The molecule has 1 heterocycles. The van der Waals surface area contributed by atoms with Gasteiger partial charge in [-0.15, -0.1) is 10.2 Å². The Balaban J connectivity index is 1.52. The molecule has 0 radical (unpaired) electrons. The van der Waals surface area contributed by atoms with Gasteiger partial charge in [0.05, 0.1) is 11.3 Å². The van der Waals surface area contributed by atoms with Crippen molar-refractivity contribution in [3.05, 3.63) is 30.1 Å². The maximum Gasteiger partial charge on any atom is 0.321 e. The number of halogens is 1. The number of rotatable bonds is 5. The van der Waals surface area contributed by atoms with Crippen molar-refractivity contribution in [3.8, 4) is 11.4 Å². The van der Waals surface area contributed by atoms with Crippen molar-refractivity contribution in [2.24, 2.45) is 13.0 Å². The number of urea groups is 1. The molecule has 3 amide bonds. The van der Waals surface area contributed by atoms with Gasteiger partial charge in [0.1, 0.15) is 5.82 Å². The molecule has 0 bridgehead atoms. The van der Waals surface area contributed by atoms with Crippen molar-refractivity contribution >= 4 is 23.7 Å². The van der Waals surface area contributed by atoms with E-state index in [4.69, 9.17) is 0 Å². The van der Waals surface area contributed by atoms with Gasteiger partial charge in [-0.05, 0) is 30.9 Å². The lowest BCUT2D eigenvalue weighted by Gasteiger charge is -2.29. The second-order valence-corrected chi connectivity index (χ2v) is 7.97. The van der Waals surface area contributed by atoms with Gasteiger partial charge in [0.25, 0.3) is 0 Å². The lowest BCUT2D eigenvalue weighted by atomic mass is 9.86. The third-order valence-corrected chi connectivity index (χ3v) is 5.98. The number of benzene rings is 1. The number of amides is 3. The van der Waals surface area contributed by atoms with Crippen LogP contribution < -0.4 is 10.6 Å². The van der Waals surface area contributed by atoms with Crippen molar-refractivity contribution in [2.75, 3.05) is 5.75 Å². The average Bonchev–Trinajstić information content (AvgIpc) is 3.03. The monoisotopic (exact) mass is 405 g/mol. The molecule has 2 N–H and O–H groups in total. The molecule has 0 aliphatic heterocycles. The molecule has 150 valence electrons. The van der Waals surface area contributed by atoms with E-state index in [1.54, 1.807) is 29.8 Å². The van der Waals surface area contributed by atoms with Gasteiger partial charge in [0, 0.05) is 13.1 Å². The van der Waals surface area contributed by atoms with Gasteiger partial charge in [-0.1, -0.05) is 43.7 Å². The Bertz CT molecular complexity index is 857. The average molecular weight is 405 g/mol. The van der Waals surface area contributed by atoms with Crippen molar-refractivity contribution in [1.29, 1.82) is 0 Å². The van der Waals surface area contributed by atoms with Crippen LogP contribution in [0.15, 0.2) is 29.4 Å². The van der Waals surface area contributed by atoms with Crippen LogP contribution in [0.4, 0.5) is 9.18 Å². The molecule has 1 aromatic heterocycles. The van der Waals surface area contributed by atoms with E-state index >= 15 is 0 Å². The van der Waals surface area contributed by atoms with Crippen molar-refractivity contribution in [2.45, 2.75) is 43.8 Å². The number of carbonyl (C=O) groups excluding carboxylic acids is 2. The van der Waals surface area contributed by atoms with Gasteiger partial charge < -0.3 is 9.88 Å². The van der Waals surface area contributed by atoms with Gasteiger partial charge in [-0.3, -0.25) is 10.1 Å². The molecule has 1 fully saturated rings. The maximum atomic E-state index is 13.9. The molecule has 1 aliphatic carbocycles. The quantitative estimate of drug-likeness (QED) is 0.746. The zero-order valence-electron chi connectivity index (χ0n) is 15.9. The zero-order chi connectivity index (χ0) is 20.1. The van der Waals surface area contributed by atoms with Crippen LogP contribution in [0.1, 0.15) is 32.6 Å². The van der Waals surface area contributed by atoms with Crippen LogP contribution in [0, 0.1) is 11.7 Å². The molecule has 1 saturated carbocycles. The summed E-state index contributed by atoms with van der Waals surface area (Å²) in [5.41, 5.74) is 0.342. The largest absolute Gasteiger partial charge is 0.335 e. The minimum absolute atomic E-state index is 0.0108. The first-order valence-corrected chi connectivity index (χ1v) is 10.3. The summed E-state index contributed by atoms with van der Waals surface area (Å²) >= 11 is 1.14. The number of imide groups is 1. The van der Waals surface area contributed by atoms with Crippen LogP contribution in [0.2, 0.25) is 0 Å². The Morgan fingerprint density at radius 1 is 1.25 bits per heavy atom. The molecule has 2 aromatic rings. The Labute approximate surface area is 167 Å². The van der Waals surface area contributed by atoms with Crippen LogP contribution in [0.5, 0.6) is 0 Å². The molecule has 2 atom stereocenters. The summed E-state index contributed by atoms with van der Waals surface area (Å²) in [6.45, 7) is 2.11. The van der Waals surface area contributed by atoms with Gasteiger partial charge in [-0.2, -0.15) is 0 Å². The number of nitrogens with one attached hydrogen (secondary N) is 2. The van der Waals surface area contributed by atoms with Crippen LogP contribution >= 0.6 is 11.8 Å². The van der Waals surface area contributed by atoms with Crippen molar-refractivity contribution < 1.29 is 14.0 Å². The predicted molar refractivity (Wildman–Crippen MR) is 105 cm³/mol. The second kappa shape index (κ2) is 9.18. The van der Waals surface area contributed by atoms with Gasteiger partial charge in [-0.25, -0.2) is 9.18 Å². The third kappa shape index (κ3) is 4.89. The Morgan fingerprint density at radius 2 is 2.00 bits per heavy atom. The zero-order valence-corrected chi connectivity index (χ0v) is 16.8. The fourth-order valence-corrected chi connectivity index (χ4v) is 4.06. The highest BCUT2D eigenvalue weighted by Gasteiger charge is 2.23. The van der Waals surface area contributed by atoms with Crippen LogP contribution in [-0.2, 0) is 11.8 Å². The standard InChI is InChI=1S/C19H24FN5O2S/c1-12-7-3-6-10-15(12)21-18(27)22-16(26)11-28-19-24-23-17(25(19)2)13-8-4-5-9-14(13)20/h4-5,8-9,12,15H,3,6-7,10-11H2,1-2H3,(H2,21,22,26,27). The lowest BCUT2D eigenvalue weighted by Crippen LogP contribution is -2.48. The molecule has 2 unspecified atom stereocenters. The first-order valence-electron chi connectivity index (χ1n) is 9.33. The maximum absolute atomic E-state index is 13.9. The predicted octanol–water partition coefficient (Wildman–Crippen LogP) is 3.12. The number of nitrogens with zero attached hydrogens (tertiary/aromatic N) is 3. The molecule has 1 aromatic carbocycles. The van der Waals surface area contributed by atoms with Gasteiger partial charge >= 0.3 is 6.03 Å². The van der Waals surface area contributed by atoms with Gasteiger partial charge in [0.15, 0.2) is 11.0 Å². The van der Waals surface area contributed by atoms with E-state index in [-0.39, 0.29) is 17.6 Å². The number of carbonyl (C=O) groups is 2. The third-order valence-electron chi connectivity index (χ3n) is 4.96. The summed E-state index contributed by atoms with van der Waals surface area (Å²) in [7, 11) is 1.71. The summed E-state index contributed by atoms with van der Waals surface area (Å²) < 4.78 is 15.6. The van der Waals surface area contributed by atoms with Crippen LogP contribution in [0.3, 0.4) is 0 Å². The highest BCUT2D eigenvalue weighted by Crippen LogP contribution is 2.25. The highest BCUT2D eigenvalue weighted by molar-refractivity contribution is 7.99. The summed E-state index contributed by atoms with van der Waals surface area (Å²) in [6.07, 6.45) is 4.30. The summed E-state index contributed by atoms with van der Waals surface area (Å²) in [6, 6.07) is 5.95. The molecule has 3 rings (SSSR count). The summed E-state index contributed by atoms with van der Waals surface area (Å²) in [5.74, 6) is 0.00318. The molecular formula is C19H24FN5O2S. The number of aromatic nitrogens is 3. The minimum atomic E-state index is -0.464. The van der Waals surface area contributed by atoms with E-state index in [1.807, 2.05) is 0 Å². The van der Waals surface area contributed by atoms with Gasteiger partial charge in [0.2, 0.25) is 5.91 Å². The molecule has 0 spiro atoms. The Kier molecular flexibility index (Phi) is 6.66. The fourth-order valence-electron chi connectivity index (χ4n) is 3.35. The highest BCUT2D eigenvalue weighted by atomic mass is 32.2.